The molecule has 0 aliphatic carbocycles. The Morgan fingerprint density at radius 1 is 1.35 bits per heavy atom. The molecular weight excluding hydrogens is 242 g/mol. The smallest absolute Gasteiger partial charge is 0.251 e. The first-order valence-corrected chi connectivity index (χ1v) is 5.73. The van der Waals surface area contributed by atoms with Crippen molar-refractivity contribution < 1.29 is 8.78 Å². The van der Waals surface area contributed by atoms with Gasteiger partial charge in [-0.05, 0) is 12.6 Å². The lowest BCUT2D eigenvalue weighted by molar-refractivity contribution is 0.0819. The van der Waals surface area contributed by atoms with Crippen LogP contribution in [0, 0.1) is 0 Å². The average molecular weight is 258 g/mol. The van der Waals surface area contributed by atoms with Gasteiger partial charge in [-0.1, -0.05) is 42.5 Å². The van der Waals surface area contributed by atoms with Crippen molar-refractivity contribution in [1.82, 2.24) is 4.90 Å². The van der Waals surface area contributed by atoms with Crippen molar-refractivity contribution >= 4 is 17.2 Å². The number of nitrogens with two attached hydrogens (primary N) is 1. The molecule has 0 aliphatic rings. The van der Waals surface area contributed by atoms with Crippen LogP contribution in [0.15, 0.2) is 30.3 Å². The molecule has 1 rings (SSSR count). The lowest BCUT2D eigenvalue weighted by Crippen LogP contribution is -2.32. The third kappa shape index (κ3) is 4.75. The van der Waals surface area contributed by atoms with E-state index in [0.717, 1.165) is 5.56 Å². The SMILES string of the molecule is CN(CC(F)F)C(CC(N)=S)c1ccccc1. The van der Waals surface area contributed by atoms with Gasteiger partial charge < -0.3 is 5.73 Å². The molecule has 1 aromatic rings. The van der Waals surface area contributed by atoms with E-state index in [-0.39, 0.29) is 12.6 Å². The summed E-state index contributed by atoms with van der Waals surface area (Å²) < 4.78 is 24.8. The number of alkyl halides is 2. The maximum absolute atomic E-state index is 12.4. The van der Waals surface area contributed by atoms with Gasteiger partial charge in [0.2, 0.25) is 0 Å². The van der Waals surface area contributed by atoms with Crippen LogP contribution in [0.3, 0.4) is 0 Å². The predicted molar refractivity (Wildman–Crippen MR) is 69.2 cm³/mol. The molecule has 1 atom stereocenters. The highest BCUT2D eigenvalue weighted by molar-refractivity contribution is 7.80. The Hall–Kier alpha value is -1.07. The summed E-state index contributed by atoms with van der Waals surface area (Å²) in [5.74, 6) is 0. The summed E-state index contributed by atoms with van der Waals surface area (Å²) in [5, 5.41) is 0. The van der Waals surface area contributed by atoms with Crippen LogP contribution in [0.4, 0.5) is 8.78 Å². The van der Waals surface area contributed by atoms with Crippen molar-refractivity contribution in [3.63, 3.8) is 0 Å². The van der Waals surface area contributed by atoms with Crippen LogP contribution in [0.5, 0.6) is 0 Å². The molecule has 5 heteroatoms. The molecule has 0 amide bonds. The molecule has 0 aromatic heterocycles. The Balaban J connectivity index is 2.84. The topological polar surface area (TPSA) is 29.3 Å². The van der Waals surface area contributed by atoms with Crippen molar-refractivity contribution in [1.29, 1.82) is 0 Å². The lowest BCUT2D eigenvalue weighted by Gasteiger charge is -2.27. The van der Waals surface area contributed by atoms with Gasteiger partial charge in [0.1, 0.15) is 0 Å². The molecule has 0 fully saturated rings. The van der Waals surface area contributed by atoms with E-state index in [1.54, 1.807) is 11.9 Å². The van der Waals surface area contributed by atoms with Crippen LogP contribution in [-0.2, 0) is 0 Å². The molecule has 0 aliphatic heterocycles. The summed E-state index contributed by atoms with van der Waals surface area (Å²) in [7, 11) is 1.65. The summed E-state index contributed by atoms with van der Waals surface area (Å²) in [5.41, 5.74) is 6.46. The average Bonchev–Trinajstić information content (AvgIpc) is 2.25. The second kappa shape index (κ2) is 6.61. The van der Waals surface area contributed by atoms with Crippen molar-refractivity contribution in [2.45, 2.75) is 18.9 Å². The molecule has 0 radical (unpaired) electrons. The number of hydrogen-bond acceptors (Lipinski definition) is 2. The fraction of sp³-hybridized carbons (Fsp3) is 0.417. The summed E-state index contributed by atoms with van der Waals surface area (Å²) in [6, 6.07) is 9.23. The standard InChI is InChI=1S/C12H16F2N2S/c1-16(8-11(13)14)10(7-12(15)17)9-5-3-2-4-6-9/h2-6,10-11H,7-8H2,1H3,(H2,15,17). The zero-order valence-corrected chi connectivity index (χ0v) is 10.5. The van der Waals surface area contributed by atoms with Crippen LogP contribution in [-0.4, -0.2) is 29.9 Å². The molecule has 94 valence electrons. The van der Waals surface area contributed by atoms with E-state index < -0.39 is 6.43 Å². The number of nitrogens with zero attached hydrogens (tertiary/aromatic N) is 1. The van der Waals surface area contributed by atoms with Crippen LogP contribution in [0.25, 0.3) is 0 Å². The number of benzene rings is 1. The minimum absolute atomic E-state index is 0.192. The molecule has 0 bridgehead atoms. The normalized spacial score (nSPS) is 13.0. The van der Waals surface area contributed by atoms with E-state index in [2.05, 4.69) is 0 Å². The second-order valence-electron chi connectivity index (χ2n) is 3.93. The van der Waals surface area contributed by atoms with E-state index in [4.69, 9.17) is 18.0 Å². The van der Waals surface area contributed by atoms with Crippen LogP contribution < -0.4 is 5.73 Å². The van der Waals surface area contributed by atoms with Gasteiger partial charge in [0.05, 0.1) is 11.5 Å². The molecule has 17 heavy (non-hydrogen) atoms. The Labute approximate surface area is 105 Å². The summed E-state index contributed by atoms with van der Waals surface area (Å²) >= 11 is 4.87. The molecule has 0 saturated carbocycles. The minimum atomic E-state index is -2.36. The first-order valence-electron chi connectivity index (χ1n) is 5.32. The third-order valence-electron chi connectivity index (χ3n) is 2.54. The fourth-order valence-corrected chi connectivity index (χ4v) is 1.90. The van der Waals surface area contributed by atoms with Crippen molar-refractivity contribution in [3.8, 4) is 0 Å². The molecule has 2 N–H and O–H groups in total. The second-order valence-corrected chi connectivity index (χ2v) is 4.45. The highest BCUT2D eigenvalue weighted by Gasteiger charge is 2.20. The van der Waals surface area contributed by atoms with Crippen LogP contribution >= 0.6 is 12.2 Å². The van der Waals surface area contributed by atoms with Gasteiger partial charge in [-0.25, -0.2) is 8.78 Å². The quantitative estimate of drug-likeness (QED) is 0.795. The van der Waals surface area contributed by atoms with Crippen LogP contribution in [0.2, 0.25) is 0 Å². The summed E-state index contributed by atoms with van der Waals surface area (Å²) in [6.45, 7) is -0.290. The highest BCUT2D eigenvalue weighted by atomic mass is 32.1. The number of thiocarbonyl (C=S) groups is 1. The fourth-order valence-electron chi connectivity index (χ4n) is 1.74. The van der Waals surface area contributed by atoms with E-state index >= 15 is 0 Å². The van der Waals surface area contributed by atoms with E-state index in [0.29, 0.717) is 11.4 Å². The van der Waals surface area contributed by atoms with E-state index in [1.807, 2.05) is 30.3 Å². The third-order valence-corrected chi connectivity index (χ3v) is 2.70. The van der Waals surface area contributed by atoms with Crippen molar-refractivity contribution in [2.75, 3.05) is 13.6 Å². The lowest BCUT2D eigenvalue weighted by atomic mass is 10.0. The van der Waals surface area contributed by atoms with Crippen molar-refractivity contribution in [3.05, 3.63) is 35.9 Å². The molecular formula is C12H16F2N2S. The van der Waals surface area contributed by atoms with Crippen LogP contribution in [0.1, 0.15) is 18.0 Å². The zero-order chi connectivity index (χ0) is 12.8. The van der Waals surface area contributed by atoms with Gasteiger partial charge in [-0.2, -0.15) is 0 Å². The van der Waals surface area contributed by atoms with Gasteiger partial charge in [-0.15, -0.1) is 0 Å². The maximum Gasteiger partial charge on any atom is 0.251 e. The largest absolute Gasteiger partial charge is 0.393 e. The van der Waals surface area contributed by atoms with Gasteiger partial charge in [0.15, 0.2) is 0 Å². The van der Waals surface area contributed by atoms with Gasteiger partial charge in [-0.3, -0.25) is 4.90 Å². The molecule has 1 unspecified atom stereocenters. The molecule has 0 saturated heterocycles. The monoisotopic (exact) mass is 258 g/mol. The van der Waals surface area contributed by atoms with Crippen molar-refractivity contribution in [2.24, 2.45) is 5.73 Å². The van der Waals surface area contributed by atoms with Gasteiger partial charge >= 0.3 is 0 Å². The number of hydrogen-bond donors (Lipinski definition) is 1. The number of rotatable bonds is 6. The zero-order valence-electron chi connectivity index (χ0n) is 9.64. The van der Waals surface area contributed by atoms with Gasteiger partial charge in [0, 0.05) is 12.5 Å². The van der Waals surface area contributed by atoms with E-state index in [1.165, 1.54) is 0 Å². The van der Waals surface area contributed by atoms with E-state index in [9.17, 15) is 8.78 Å². The molecule has 0 heterocycles. The Kier molecular flexibility index (Phi) is 5.44. The van der Waals surface area contributed by atoms with Gasteiger partial charge in [0.25, 0.3) is 6.43 Å². The Morgan fingerprint density at radius 2 is 1.94 bits per heavy atom. The Morgan fingerprint density at radius 3 is 2.41 bits per heavy atom. The first-order chi connectivity index (χ1) is 8.00. The maximum atomic E-state index is 12.4. The first kappa shape index (κ1) is 14.0. The summed E-state index contributed by atoms with van der Waals surface area (Å²) in [4.78, 5) is 1.92. The predicted octanol–water partition coefficient (Wildman–Crippen LogP) is 2.60. The number of halogens is 2. The Bertz CT molecular complexity index is 357. The summed E-state index contributed by atoms with van der Waals surface area (Å²) in [6.07, 6.45) is -1.96. The molecule has 1 aromatic carbocycles. The minimum Gasteiger partial charge on any atom is -0.393 e. The highest BCUT2D eigenvalue weighted by Crippen LogP contribution is 2.23. The molecule has 2 nitrogen and oxygen atoms in total. The molecule has 0 spiro atoms.